The van der Waals surface area contributed by atoms with E-state index in [0.29, 0.717) is 12.4 Å². The average molecular weight is 499 g/mol. The molecular weight excluding hydrogens is 472 g/mol. The number of nitrogens with zero attached hydrogens (tertiary/aromatic N) is 2. The number of hydrazone groups is 1. The van der Waals surface area contributed by atoms with Crippen LogP contribution in [0.25, 0.3) is 0 Å². The van der Waals surface area contributed by atoms with Gasteiger partial charge < -0.3 is 4.74 Å². The summed E-state index contributed by atoms with van der Waals surface area (Å²) in [4.78, 5) is 27.4. The summed E-state index contributed by atoms with van der Waals surface area (Å²) in [5.41, 5.74) is 7.67. The summed E-state index contributed by atoms with van der Waals surface area (Å²) in [6.45, 7) is 2.51. The first kappa shape index (κ1) is 22.7. The molecule has 2 atom stereocenters. The van der Waals surface area contributed by atoms with Gasteiger partial charge in [-0.1, -0.05) is 90.5 Å². The van der Waals surface area contributed by atoms with Crippen molar-refractivity contribution >= 4 is 18.0 Å². The lowest BCUT2D eigenvalue weighted by atomic mass is 9.55. The summed E-state index contributed by atoms with van der Waals surface area (Å²) < 4.78 is 5.96. The number of amides is 2. The molecule has 1 saturated heterocycles. The van der Waals surface area contributed by atoms with Gasteiger partial charge in [0.05, 0.1) is 18.1 Å². The lowest BCUT2D eigenvalue weighted by molar-refractivity contribution is -0.139. The SMILES string of the molecule is Cc1ccc(COc2cccc(/C=N\N3C(=O)[C@@H]4C5c6ccccc6C(c6ccccc65)[C@@H]4C3=O)c2)cc1. The van der Waals surface area contributed by atoms with E-state index in [1.165, 1.54) is 5.56 Å². The van der Waals surface area contributed by atoms with Crippen LogP contribution < -0.4 is 4.74 Å². The van der Waals surface area contributed by atoms with Gasteiger partial charge in [0.2, 0.25) is 0 Å². The molecule has 0 aromatic heterocycles. The van der Waals surface area contributed by atoms with Crippen LogP contribution in [0.2, 0.25) is 0 Å². The van der Waals surface area contributed by atoms with Gasteiger partial charge in [-0.05, 0) is 52.4 Å². The highest BCUT2D eigenvalue weighted by Gasteiger charge is 2.61. The van der Waals surface area contributed by atoms with Crippen molar-refractivity contribution in [2.24, 2.45) is 16.9 Å². The topological polar surface area (TPSA) is 59.0 Å². The zero-order valence-corrected chi connectivity index (χ0v) is 21.0. The van der Waals surface area contributed by atoms with Crippen LogP contribution in [0.3, 0.4) is 0 Å². The van der Waals surface area contributed by atoms with Crippen LogP contribution in [0.4, 0.5) is 0 Å². The van der Waals surface area contributed by atoms with Crippen LogP contribution in [0.5, 0.6) is 5.75 Å². The lowest BCUT2D eigenvalue weighted by Crippen LogP contribution is -2.41. The zero-order chi connectivity index (χ0) is 25.8. The third kappa shape index (κ3) is 3.50. The molecule has 1 heterocycles. The van der Waals surface area contributed by atoms with E-state index in [2.05, 4.69) is 48.4 Å². The number of hydrogen-bond acceptors (Lipinski definition) is 4. The second-order valence-corrected chi connectivity index (χ2v) is 10.3. The van der Waals surface area contributed by atoms with Crippen molar-refractivity contribution in [2.75, 3.05) is 0 Å². The Morgan fingerprint density at radius 1 is 0.737 bits per heavy atom. The number of rotatable bonds is 5. The minimum absolute atomic E-state index is 0.132. The van der Waals surface area contributed by atoms with Crippen LogP contribution in [0.1, 0.15) is 50.8 Å². The minimum Gasteiger partial charge on any atom is -0.489 e. The molecule has 2 amide bonds. The van der Waals surface area contributed by atoms with Crippen molar-refractivity contribution in [1.82, 2.24) is 5.01 Å². The highest BCUT2D eigenvalue weighted by molar-refractivity contribution is 6.08. The molecule has 1 fully saturated rings. The molecule has 0 N–H and O–H groups in total. The van der Waals surface area contributed by atoms with Gasteiger partial charge in [-0.3, -0.25) is 9.59 Å². The maximum Gasteiger partial charge on any atom is 0.254 e. The van der Waals surface area contributed by atoms with E-state index in [4.69, 9.17) is 4.74 Å². The maximum absolute atomic E-state index is 13.7. The molecule has 0 saturated carbocycles. The van der Waals surface area contributed by atoms with Gasteiger partial charge in [-0.15, -0.1) is 0 Å². The molecular formula is C33H26N2O3. The van der Waals surface area contributed by atoms with E-state index >= 15 is 0 Å². The van der Waals surface area contributed by atoms with Crippen molar-refractivity contribution in [3.05, 3.63) is 136 Å². The molecule has 38 heavy (non-hydrogen) atoms. The molecule has 0 unspecified atom stereocenters. The molecule has 1 aliphatic heterocycles. The van der Waals surface area contributed by atoms with Crippen LogP contribution in [-0.2, 0) is 16.2 Å². The third-order valence-corrected chi connectivity index (χ3v) is 8.13. The summed E-state index contributed by atoms with van der Waals surface area (Å²) in [6, 6.07) is 32.2. The van der Waals surface area contributed by atoms with Gasteiger partial charge in [-0.25, -0.2) is 0 Å². The van der Waals surface area contributed by atoms with E-state index < -0.39 is 11.8 Å². The fourth-order valence-corrected chi connectivity index (χ4v) is 6.44. The van der Waals surface area contributed by atoms with Gasteiger partial charge in [0.25, 0.3) is 11.8 Å². The van der Waals surface area contributed by atoms with Gasteiger partial charge in [0, 0.05) is 11.8 Å². The first-order chi connectivity index (χ1) is 18.6. The van der Waals surface area contributed by atoms with Crippen molar-refractivity contribution < 1.29 is 14.3 Å². The van der Waals surface area contributed by atoms with Crippen molar-refractivity contribution in [2.45, 2.75) is 25.4 Å². The van der Waals surface area contributed by atoms with Crippen LogP contribution in [0, 0.1) is 18.8 Å². The Hall–Kier alpha value is -4.51. The Kier molecular flexibility index (Phi) is 5.25. The molecule has 3 aliphatic carbocycles. The highest BCUT2D eigenvalue weighted by Crippen LogP contribution is 2.60. The standard InChI is InChI=1S/C33H26N2O3/c1-20-13-15-21(16-14-20)19-38-23-8-6-7-22(17-23)18-34-35-32(36)30-28-24-9-2-3-10-25(24)29(31(30)33(35)37)27-12-5-4-11-26(27)28/h2-18,28-31H,19H2,1H3/b34-18-/t28?,29?,30-,31+. The maximum atomic E-state index is 13.7. The summed E-state index contributed by atoms with van der Waals surface area (Å²) in [5.74, 6) is -0.868. The number of hydrogen-bond donors (Lipinski definition) is 0. The largest absolute Gasteiger partial charge is 0.489 e. The number of imide groups is 1. The average Bonchev–Trinajstić information content (AvgIpc) is 3.21. The summed E-state index contributed by atoms with van der Waals surface area (Å²) >= 11 is 0. The van der Waals surface area contributed by atoms with E-state index in [1.54, 1.807) is 6.21 Å². The molecule has 4 aliphatic rings. The Morgan fingerprint density at radius 2 is 1.29 bits per heavy atom. The summed E-state index contributed by atoms with van der Waals surface area (Å²) in [7, 11) is 0. The number of carbonyl (C=O) groups excluding carboxylic acids is 2. The lowest BCUT2D eigenvalue weighted by Gasteiger charge is -2.45. The van der Waals surface area contributed by atoms with E-state index in [-0.39, 0.29) is 23.7 Å². The normalized spacial score (nSPS) is 22.9. The molecule has 5 nitrogen and oxygen atoms in total. The predicted octanol–water partition coefficient (Wildman–Crippen LogP) is 5.80. The van der Waals surface area contributed by atoms with E-state index in [0.717, 1.165) is 38.4 Å². The van der Waals surface area contributed by atoms with Crippen LogP contribution >= 0.6 is 0 Å². The van der Waals surface area contributed by atoms with E-state index in [9.17, 15) is 9.59 Å². The quantitative estimate of drug-likeness (QED) is 0.258. The summed E-state index contributed by atoms with van der Waals surface area (Å²) in [5, 5.41) is 5.53. The molecule has 0 radical (unpaired) electrons. The predicted molar refractivity (Wildman–Crippen MR) is 145 cm³/mol. The minimum atomic E-state index is -0.432. The molecule has 0 spiro atoms. The fourth-order valence-electron chi connectivity index (χ4n) is 6.44. The smallest absolute Gasteiger partial charge is 0.254 e. The van der Waals surface area contributed by atoms with Gasteiger partial charge >= 0.3 is 0 Å². The summed E-state index contributed by atoms with van der Waals surface area (Å²) in [6.07, 6.45) is 1.58. The van der Waals surface area contributed by atoms with Gasteiger partial charge in [-0.2, -0.15) is 10.1 Å². The fraction of sp³-hybridized carbons (Fsp3) is 0.182. The highest BCUT2D eigenvalue weighted by atomic mass is 16.5. The number of benzene rings is 4. The molecule has 186 valence electrons. The first-order valence-electron chi connectivity index (χ1n) is 13.0. The van der Waals surface area contributed by atoms with Crippen LogP contribution in [-0.4, -0.2) is 23.0 Å². The van der Waals surface area contributed by atoms with Crippen molar-refractivity contribution in [3.63, 3.8) is 0 Å². The second kappa shape index (κ2) is 8.80. The second-order valence-electron chi connectivity index (χ2n) is 10.3. The van der Waals surface area contributed by atoms with Gasteiger partial charge in [0.1, 0.15) is 12.4 Å². The number of ether oxygens (including phenoxy) is 1. The zero-order valence-electron chi connectivity index (χ0n) is 21.0. The first-order valence-corrected chi connectivity index (χ1v) is 13.0. The third-order valence-electron chi connectivity index (χ3n) is 8.13. The number of aryl methyl sites for hydroxylation is 1. The molecule has 8 rings (SSSR count). The monoisotopic (exact) mass is 498 g/mol. The Labute approximate surface area is 221 Å². The molecule has 2 bridgehead atoms. The van der Waals surface area contributed by atoms with Crippen molar-refractivity contribution in [1.29, 1.82) is 0 Å². The Balaban J connectivity index is 1.15. The van der Waals surface area contributed by atoms with Gasteiger partial charge in [0.15, 0.2) is 0 Å². The molecule has 5 heteroatoms. The number of carbonyl (C=O) groups is 2. The molecule has 4 aromatic carbocycles. The van der Waals surface area contributed by atoms with E-state index in [1.807, 2.05) is 60.7 Å². The van der Waals surface area contributed by atoms with Crippen LogP contribution in [0.15, 0.2) is 102 Å². The van der Waals surface area contributed by atoms with Crippen molar-refractivity contribution in [3.8, 4) is 5.75 Å². The Bertz CT molecular complexity index is 1490. The molecule has 4 aromatic rings. The Morgan fingerprint density at radius 3 is 1.84 bits per heavy atom.